The molecule has 9 heteroatoms. The summed E-state index contributed by atoms with van der Waals surface area (Å²) >= 11 is 0. The zero-order valence-electron chi connectivity index (χ0n) is 17.3. The Balaban J connectivity index is 1.37. The number of morpholine rings is 1. The first-order valence-electron chi connectivity index (χ1n) is 10.3. The standard InChI is InChI=1S/C22H26N4O4S/c27-22(21-18-20(6-8-23-21)24-13-15-30-16-14-24)25-9-11-26(12-10-25)31(28,29)17-7-19-4-2-1-3-5-19/h1-8,17-18H,9-16H2. The Morgan fingerprint density at radius 2 is 1.68 bits per heavy atom. The van der Waals surface area contributed by atoms with E-state index in [1.807, 2.05) is 36.4 Å². The third-order valence-corrected chi connectivity index (χ3v) is 7.02. The van der Waals surface area contributed by atoms with Crippen LogP contribution in [0.3, 0.4) is 0 Å². The number of hydrogen-bond acceptors (Lipinski definition) is 6. The maximum Gasteiger partial charge on any atom is 0.272 e. The lowest BCUT2D eigenvalue weighted by atomic mass is 10.2. The number of pyridine rings is 1. The molecule has 1 amide bonds. The minimum Gasteiger partial charge on any atom is -0.378 e. The number of piperazine rings is 1. The van der Waals surface area contributed by atoms with E-state index >= 15 is 0 Å². The molecule has 3 heterocycles. The number of hydrogen-bond donors (Lipinski definition) is 0. The van der Waals surface area contributed by atoms with Crippen molar-refractivity contribution in [1.82, 2.24) is 14.2 Å². The molecule has 1 aromatic heterocycles. The minimum absolute atomic E-state index is 0.174. The van der Waals surface area contributed by atoms with Gasteiger partial charge in [-0.15, -0.1) is 0 Å². The maximum atomic E-state index is 12.9. The Morgan fingerprint density at radius 3 is 2.39 bits per heavy atom. The highest BCUT2D eigenvalue weighted by molar-refractivity contribution is 7.92. The van der Waals surface area contributed by atoms with Gasteiger partial charge in [-0.25, -0.2) is 8.42 Å². The summed E-state index contributed by atoms with van der Waals surface area (Å²) in [5.41, 5.74) is 2.16. The number of nitrogens with zero attached hydrogens (tertiary/aromatic N) is 4. The van der Waals surface area contributed by atoms with Crippen LogP contribution in [0, 0.1) is 0 Å². The molecule has 4 rings (SSSR count). The van der Waals surface area contributed by atoms with Crippen LogP contribution in [0.4, 0.5) is 5.69 Å². The minimum atomic E-state index is -3.54. The van der Waals surface area contributed by atoms with Crippen molar-refractivity contribution in [2.24, 2.45) is 0 Å². The van der Waals surface area contributed by atoms with E-state index in [-0.39, 0.29) is 19.0 Å². The average Bonchev–Trinajstić information content (AvgIpc) is 2.84. The normalized spacial score (nSPS) is 18.5. The van der Waals surface area contributed by atoms with Gasteiger partial charge in [0.1, 0.15) is 5.69 Å². The second kappa shape index (κ2) is 9.59. The van der Waals surface area contributed by atoms with Crippen LogP contribution in [0.5, 0.6) is 0 Å². The summed E-state index contributed by atoms with van der Waals surface area (Å²) in [4.78, 5) is 21.0. The molecular weight excluding hydrogens is 416 g/mol. The molecule has 2 aromatic rings. The van der Waals surface area contributed by atoms with Crippen LogP contribution < -0.4 is 4.90 Å². The van der Waals surface area contributed by atoms with E-state index in [0.717, 1.165) is 24.3 Å². The number of benzene rings is 1. The van der Waals surface area contributed by atoms with E-state index in [2.05, 4.69) is 9.88 Å². The summed E-state index contributed by atoms with van der Waals surface area (Å²) < 4.78 is 32.1. The van der Waals surface area contributed by atoms with Gasteiger partial charge in [0.15, 0.2) is 0 Å². The van der Waals surface area contributed by atoms with E-state index in [9.17, 15) is 13.2 Å². The van der Waals surface area contributed by atoms with Gasteiger partial charge in [0.25, 0.3) is 5.91 Å². The molecule has 0 N–H and O–H groups in total. The number of sulfonamides is 1. The van der Waals surface area contributed by atoms with Crippen LogP contribution in [0.25, 0.3) is 6.08 Å². The zero-order chi connectivity index (χ0) is 21.7. The van der Waals surface area contributed by atoms with Gasteiger partial charge in [0.2, 0.25) is 10.0 Å². The summed E-state index contributed by atoms with van der Waals surface area (Å²) in [6, 6.07) is 13.0. The van der Waals surface area contributed by atoms with Gasteiger partial charge in [-0.2, -0.15) is 4.31 Å². The van der Waals surface area contributed by atoms with E-state index in [1.54, 1.807) is 23.2 Å². The summed E-state index contributed by atoms with van der Waals surface area (Å²) in [6.45, 7) is 4.09. The van der Waals surface area contributed by atoms with Crippen molar-refractivity contribution < 1.29 is 17.9 Å². The molecule has 8 nitrogen and oxygen atoms in total. The molecule has 2 fully saturated rings. The van der Waals surface area contributed by atoms with Gasteiger partial charge in [0.05, 0.1) is 13.2 Å². The van der Waals surface area contributed by atoms with Gasteiger partial charge in [-0.05, 0) is 23.8 Å². The highest BCUT2D eigenvalue weighted by atomic mass is 32.2. The van der Waals surface area contributed by atoms with E-state index < -0.39 is 10.0 Å². The van der Waals surface area contributed by atoms with Crippen molar-refractivity contribution in [2.75, 3.05) is 57.4 Å². The lowest BCUT2D eigenvalue weighted by Crippen LogP contribution is -2.50. The summed E-state index contributed by atoms with van der Waals surface area (Å²) in [6.07, 6.45) is 3.24. The number of carbonyl (C=O) groups excluding carboxylic acids is 1. The van der Waals surface area contributed by atoms with Crippen LogP contribution in [0.15, 0.2) is 54.1 Å². The highest BCUT2D eigenvalue weighted by Crippen LogP contribution is 2.18. The average molecular weight is 443 g/mol. The number of rotatable bonds is 5. The fourth-order valence-electron chi connectivity index (χ4n) is 3.68. The van der Waals surface area contributed by atoms with Crippen molar-refractivity contribution in [3.05, 3.63) is 65.3 Å². The Hall–Kier alpha value is -2.75. The predicted octanol–water partition coefficient (Wildman–Crippen LogP) is 1.68. The van der Waals surface area contributed by atoms with Gasteiger partial charge in [-0.1, -0.05) is 30.3 Å². The van der Waals surface area contributed by atoms with Gasteiger partial charge < -0.3 is 14.5 Å². The van der Waals surface area contributed by atoms with E-state index in [0.29, 0.717) is 32.0 Å². The summed E-state index contributed by atoms with van der Waals surface area (Å²) in [5, 5.41) is 1.23. The first kappa shape index (κ1) is 21.5. The van der Waals surface area contributed by atoms with Crippen molar-refractivity contribution >= 4 is 27.7 Å². The molecule has 2 aliphatic rings. The van der Waals surface area contributed by atoms with Crippen LogP contribution in [0.2, 0.25) is 0 Å². The quantitative estimate of drug-likeness (QED) is 0.701. The molecule has 0 saturated carbocycles. The molecule has 164 valence electrons. The first-order chi connectivity index (χ1) is 15.0. The molecule has 0 aliphatic carbocycles. The van der Waals surface area contributed by atoms with Gasteiger partial charge in [-0.3, -0.25) is 9.78 Å². The predicted molar refractivity (Wildman–Crippen MR) is 119 cm³/mol. The van der Waals surface area contributed by atoms with Crippen molar-refractivity contribution in [3.8, 4) is 0 Å². The van der Waals surface area contributed by atoms with Gasteiger partial charge >= 0.3 is 0 Å². The lowest BCUT2D eigenvalue weighted by molar-refractivity contribution is 0.0692. The second-order valence-electron chi connectivity index (χ2n) is 7.45. The van der Waals surface area contributed by atoms with Crippen LogP contribution in [0.1, 0.15) is 16.1 Å². The first-order valence-corrected chi connectivity index (χ1v) is 11.8. The maximum absolute atomic E-state index is 12.9. The molecule has 0 spiro atoms. The molecular formula is C22H26N4O4S. The highest BCUT2D eigenvalue weighted by Gasteiger charge is 2.28. The third-order valence-electron chi connectivity index (χ3n) is 5.46. The van der Waals surface area contributed by atoms with Crippen LogP contribution >= 0.6 is 0 Å². The molecule has 0 atom stereocenters. The Kier molecular flexibility index (Phi) is 6.64. The van der Waals surface area contributed by atoms with Crippen LogP contribution in [-0.2, 0) is 14.8 Å². The van der Waals surface area contributed by atoms with Crippen molar-refractivity contribution in [3.63, 3.8) is 0 Å². The monoisotopic (exact) mass is 442 g/mol. The fraction of sp³-hybridized carbons (Fsp3) is 0.364. The Labute approximate surface area is 182 Å². The van der Waals surface area contributed by atoms with E-state index in [1.165, 1.54) is 9.71 Å². The van der Waals surface area contributed by atoms with E-state index in [4.69, 9.17) is 4.74 Å². The third kappa shape index (κ3) is 5.30. The molecule has 1 aromatic carbocycles. The number of ether oxygens (including phenoxy) is 1. The molecule has 31 heavy (non-hydrogen) atoms. The Bertz CT molecular complexity index is 1030. The number of anilines is 1. The van der Waals surface area contributed by atoms with Crippen molar-refractivity contribution in [1.29, 1.82) is 0 Å². The molecule has 2 aliphatic heterocycles. The summed E-state index contributed by atoms with van der Waals surface area (Å²) in [7, 11) is -3.54. The largest absolute Gasteiger partial charge is 0.378 e. The molecule has 2 saturated heterocycles. The topological polar surface area (TPSA) is 83.1 Å². The number of aromatic nitrogens is 1. The smallest absolute Gasteiger partial charge is 0.272 e. The molecule has 0 radical (unpaired) electrons. The molecule has 0 bridgehead atoms. The number of amides is 1. The second-order valence-corrected chi connectivity index (χ2v) is 9.27. The fourth-order valence-corrected chi connectivity index (χ4v) is 4.85. The SMILES string of the molecule is O=C(c1cc(N2CCOCC2)ccn1)N1CCN(S(=O)(=O)C=Cc2ccccc2)CC1. The Morgan fingerprint density at radius 1 is 0.968 bits per heavy atom. The van der Waals surface area contributed by atoms with Crippen molar-refractivity contribution in [2.45, 2.75) is 0 Å². The molecule has 0 unspecified atom stereocenters. The van der Waals surface area contributed by atoms with Crippen LogP contribution in [-0.4, -0.2) is 81.0 Å². The lowest BCUT2D eigenvalue weighted by Gasteiger charge is -2.33. The zero-order valence-corrected chi connectivity index (χ0v) is 18.1. The number of carbonyl (C=O) groups is 1. The van der Waals surface area contributed by atoms with Gasteiger partial charge in [0, 0.05) is 56.6 Å². The summed E-state index contributed by atoms with van der Waals surface area (Å²) in [5.74, 6) is -0.174.